The first-order chi connectivity index (χ1) is 11.9. The lowest BCUT2D eigenvalue weighted by Crippen LogP contribution is -2.29. The van der Waals surface area contributed by atoms with Crippen molar-refractivity contribution in [2.24, 2.45) is 0 Å². The van der Waals surface area contributed by atoms with Gasteiger partial charge in [0.15, 0.2) is 0 Å². The fraction of sp³-hybridized carbons (Fsp3) is 0.278. The lowest BCUT2D eigenvalue weighted by Gasteiger charge is -2.20. The molecule has 5 nitrogen and oxygen atoms in total. The Kier molecular flexibility index (Phi) is 5.15. The van der Waals surface area contributed by atoms with Gasteiger partial charge in [-0.15, -0.1) is 0 Å². The molecule has 1 aliphatic rings. The van der Waals surface area contributed by atoms with Crippen molar-refractivity contribution in [3.63, 3.8) is 0 Å². The molecule has 1 fully saturated rings. The first-order valence-corrected chi connectivity index (χ1v) is 10.3. The van der Waals surface area contributed by atoms with Gasteiger partial charge in [-0.25, -0.2) is 8.42 Å². The number of hydrogen-bond acceptors (Lipinski definition) is 3. The van der Waals surface area contributed by atoms with E-state index in [0.717, 1.165) is 12.8 Å². The highest BCUT2D eigenvalue weighted by molar-refractivity contribution is 9.10. The first kappa shape index (κ1) is 17.9. The second-order valence-corrected chi connectivity index (χ2v) is 8.66. The van der Waals surface area contributed by atoms with Crippen molar-refractivity contribution in [3.8, 4) is 0 Å². The summed E-state index contributed by atoms with van der Waals surface area (Å²) in [5.74, 6) is -0.131. The third kappa shape index (κ3) is 3.88. The predicted octanol–water partition coefficient (Wildman–Crippen LogP) is 3.79. The van der Waals surface area contributed by atoms with Gasteiger partial charge in [0.25, 0.3) is 15.9 Å². The monoisotopic (exact) mass is 422 g/mol. The summed E-state index contributed by atoms with van der Waals surface area (Å²) >= 11 is 3.28. The maximum atomic E-state index is 12.8. The molecule has 1 aliphatic heterocycles. The average molecular weight is 423 g/mol. The van der Waals surface area contributed by atoms with E-state index in [-0.39, 0.29) is 10.8 Å². The van der Waals surface area contributed by atoms with Crippen LogP contribution >= 0.6 is 15.9 Å². The molecule has 25 heavy (non-hydrogen) atoms. The van der Waals surface area contributed by atoms with Gasteiger partial charge in [-0.05, 0) is 49.6 Å². The van der Waals surface area contributed by atoms with Crippen LogP contribution < -0.4 is 4.72 Å². The number of para-hydroxylation sites is 1. The quantitative estimate of drug-likeness (QED) is 0.814. The molecule has 2 aromatic rings. The molecule has 0 aromatic heterocycles. The van der Waals surface area contributed by atoms with Gasteiger partial charge in [0.1, 0.15) is 0 Å². The number of rotatable bonds is 4. The number of anilines is 1. The van der Waals surface area contributed by atoms with Crippen LogP contribution in [-0.4, -0.2) is 32.3 Å². The Labute approximate surface area is 156 Å². The van der Waals surface area contributed by atoms with Crippen LogP contribution in [-0.2, 0) is 10.0 Å². The number of hydrogen-bond donors (Lipinski definition) is 1. The van der Waals surface area contributed by atoms with E-state index in [0.29, 0.717) is 34.4 Å². The van der Waals surface area contributed by atoms with Crippen LogP contribution in [0.15, 0.2) is 51.8 Å². The molecule has 2 aromatic carbocycles. The minimum absolute atomic E-state index is 0.131. The second-order valence-electron chi connectivity index (χ2n) is 6.06. The molecule has 0 unspecified atom stereocenters. The highest BCUT2D eigenvalue weighted by atomic mass is 79.9. The second kappa shape index (κ2) is 7.17. The van der Waals surface area contributed by atoms with Gasteiger partial charge in [-0.3, -0.25) is 9.52 Å². The fourth-order valence-corrected chi connectivity index (χ4v) is 4.65. The number of aryl methyl sites for hydroxylation is 1. The van der Waals surface area contributed by atoms with Crippen molar-refractivity contribution < 1.29 is 13.2 Å². The van der Waals surface area contributed by atoms with Crippen LogP contribution in [0.5, 0.6) is 0 Å². The Hall–Kier alpha value is -1.86. The summed E-state index contributed by atoms with van der Waals surface area (Å²) < 4.78 is 28.8. The third-order valence-corrected chi connectivity index (χ3v) is 6.08. The molecule has 0 saturated carbocycles. The molecule has 0 bridgehead atoms. The number of nitrogens with one attached hydrogen (secondary N) is 1. The molecule has 1 amide bonds. The lowest BCUT2D eigenvalue weighted by atomic mass is 10.1. The largest absolute Gasteiger partial charge is 0.339 e. The SMILES string of the molecule is Cc1cccc(C(=O)N2CCCC2)c1NS(=O)(=O)c1cccc(Br)c1. The molecular formula is C18H19BrN2O3S. The molecule has 7 heteroatoms. The van der Waals surface area contributed by atoms with E-state index in [1.807, 2.05) is 0 Å². The molecule has 0 radical (unpaired) electrons. The number of likely N-dealkylation sites (tertiary alicyclic amines) is 1. The smallest absolute Gasteiger partial charge is 0.261 e. The summed E-state index contributed by atoms with van der Waals surface area (Å²) in [6.07, 6.45) is 1.97. The number of halogens is 1. The minimum atomic E-state index is -3.79. The summed E-state index contributed by atoms with van der Waals surface area (Å²) in [5, 5.41) is 0. The summed E-state index contributed by atoms with van der Waals surface area (Å²) in [4.78, 5) is 14.7. The first-order valence-electron chi connectivity index (χ1n) is 8.06. The summed E-state index contributed by atoms with van der Waals surface area (Å²) in [7, 11) is -3.79. The van der Waals surface area contributed by atoms with Crippen molar-refractivity contribution in [2.75, 3.05) is 17.8 Å². The zero-order valence-electron chi connectivity index (χ0n) is 13.8. The van der Waals surface area contributed by atoms with Gasteiger partial charge in [-0.1, -0.05) is 34.1 Å². The van der Waals surface area contributed by atoms with E-state index in [1.54, 1.807) is 42.2 Å². The van der Waals surface area contributed by atoms with E-state index in [1.165, 1.54) is 12.1 Å². The number of carbonyl (C=O) groups is 1. The maximum absolute atomic E-state index is 12.8. The number of sulfonamides is 1. The fourth-order valence-electron chi connectivity index (χ4n) is 2.90. The van der Waals surface area contributed by atoms with Crippen molar-refractivity contribution >= 4 is 37.5 Å². The topological polar surface area (TPSA) is 66.5 Å². The lowest BCUT2D eigenvalue weighted by molar-refractivity contribution is 0.0794. The van der Waals surface area contributed by atoms with Crippen LogP contribution in [0.2, 0.25) is 0 Å². The van der Waals surface area contributed by atoms with E-state index in [2.05, 4.69) is 20.7 Å². The standard InChI is InChI=1S/C18H19BrN2O3S/c1-13-6-4-9-16(18(22)21-10-2-3-11-21)17(13)20-25(23,24)15-8-5-7-14(19)12-15/h4-9,12,20H,2-3,10-11H2,1H3. The maximum Gasteiger partial charge on any atom is 0.261 e. The Balaban J connectivity index is 1.98. The molecular weight excluding hydrogens is 404 g/mol. The van der Waals surface area contributed by atoms with Crippen molar-refractivity contribution in [2.45, 2.75) is 24.7 Å². The van der Waals surface area contributed by atoms with Gasteiger partial charge in [0.05, 0.1) is 16.1 Å². The summed E-state index contributed by atoms with van der Waals surface area (Å²) in [6, 6.07) is 11.7. The van der Waals surface area contributed by atoms with Crippen LogP contribution in [0, 0.1) is 6.92 Å². The summed E-state index contributed by atoms with van der Waals surface area (Å²) in [5.41, 5.74) is 1.45. The number of nitrogens with zero attached hydrogens (tertiary/aromatic N) is 1. The highest BCUT2D eigenvalue weighted by Crippen LogP contribution is 2.27. The highest BCUT2D eigenvalue weighted by Gasteiger charge is 2.25. The molecule has 1 N–H and O–H groups in total. The van der Waals surface area contributed by atoms with Crippen LogP contribution in [0.25, 0.3) is 0 Å². The Morgan fingerprint density at radius 2 is 1.80 bits per heavy atom. The molecule has 0 spiro atoms. The van der Waals surface area contributed by atoms with Gasteiger partial charge >= 0.3 is 0 Å². The Bertz CT molecular complexity index is 906. The van der Waals surface area contributed by atoms with E-state index in [9.17, 15) is 13.2 Å². The molecule has 1 saturated heterocycles. The van der Waals surface area contributed by atoms with Gasteiger partial charge < -0.3 is 4.90 Å². The van der Waals surface area contributed by atoms with Crippen molar-refractivity contribution in [1.82, 2.24) is 4.90 Å². The van der Waals surface area contributed by atoms with Crippen LogP contribution in [0.1, 0.15) is 28.8 Å². The number of amides is 1. The zero-order chi connectivity index (χ0) is 18.0. The molecule has 0 aliphatic carbocycles. The zero-order valence-corrected chi connectivity index (χ0v) is 16.2. The Morgan fingerprint density at radius 3 is 2.48 bits per heavy atom. The van der Waals surface area contributed by atoms with Crippen LogP contribution in [0.4, 0.5) is 5.69 Å². The summed E-state index contributed by atoms with van der Waals surface area (Å²) in [6.45, 7) is 3.22. The van der Waals surface area contributed by atoms with Crippen molar-refractivity contribution in [3.05, 3.63) is 58.1 Å². The van der Waals surface area contributed by atoms with Gasteiger partial charge in [0.2, 0.25) is 0 Å². The van der Waals surface area contributed by atoms with Gasteiger partial charge in [0, 0.05) is 17.6 Å². The average Bonchev–Trinajstić information content (AvgIpc) is 3.10. The van der Waals surface area contributed by atoms with E-state index in [4.69, 9.17) is 0 Å². The minimum Gasteiger partial charge on any atom is -0.339 e. The Morgan fingerprint density at radius 1 is 1.12 bits per heavy atom. The van der Waals surface area contributed by atoms with Crippen LogP contribution in [0.3, 0.4) is 0 Å². The van der Waals surface area contributed by atoms with Gasteiger partial charge in [-0.2, -0.15) is 0 Å². The normalized spacial score (nSPS) is 14.6. The third-order valence-electron chi connectivity index (χ3n) is 4.24. The van der Waals surface area contributed by atoms with Crippen molar-refractivity contribution in [1.29, 1.82) is 0 Å². The predicted molar refractivity (Wildman–Crippen MR) is 101 cm³/mol. The van der Waals surface area contributed by atoms with E-state index < -0.39 is 10.0 Å². The molecule has 0 atom stereocenters. The number of carbonyl (C=O) groups excluding carboxylic acids is 1. The molecule has 3 rings (SSSR count). The molecule has 1 heterocycles. The molecule has 132 valence electrons. The van der Waals surface area contributed by atoms with E-state index >= 15 is 0 Å². The number of benzene rings is 2.